The van der Waals surface area contributed by atoms with Crippen molar-refractivity contribution in [1.82, 2.24) is 0 Å². The minimum atomic E-state index is -0.423. The van der Waals surface area contributed by atoms with Crippen LogP contribution >= 0.6 is 0 Å². The smallest absolute Gasteiger partial charge is 0.308 e. The van der Waals surface area contributed by atoms with Gasteiger partial charge in [0.15, 0.2) is 6.40 Å². The molecule has 0 bridgehead atoms. The molecule has 0 spiro atoms. The third kappa shape index (κ3) is 4.04. The van der Waals surface area contributed by atoms with Crippen LogP contribution in [0.5, 0.6) is 11.5 Å². The summed E-state index contributed by atoms with van der Waals surface area (Å²) in [7, 11) is 0. The lowest BCUT2D eigenvalue weighted by Crippen LogP contribution is -2.16. The molecular formula is C22H20N2O4. The lowest BCUT2D eigenvalue weighted by molar-refractivity contribution is -0.131. The molecule has 142 valence electrons. The van der Waals surface area contributed by atoms with Crippen molar-refractivity contribution in [1.29, 1.82) is 5.26 Å². The number of aliphatic imine (C=N–C) groups is 1. The maximum Gasteiger partial charge on any atom is 0.308 e. The number of allylic oxidation sites excluding steroid dienone is 1. The van der Waals surface area contributed by atoms with Crippen molar-refractivity contribution in [2.24, 2.45) is 4.99 Å². The SMILES string of the molecule is CCO/C=N/C1=C(C#N)C(c2ccc(C)cc2)c2ccc(OC(C)=O)cc2O1. The molecule has 1 aliphatic heterocycles. The first-order valence-corrected chi connectivity index (χ1v) is 8.88. The van der Waals surface area contributed by atoms with Crippen molar-refractivity contribution in [3.63, 3.8) is 0 Å². The first-order valence-electron chi connectivity index (χ1n) is 8.88. The minimum Gasteiger partial charge on any atom is -0.483 e. The highest BCUT2D eigenvalue weighted by Gasteiger charge is 2.32. The Hall–Kier alpha value is -3.59. The number of hydrogen-bond acceptors (Lipinski definition) is 6. The van der Waals surface area contributed by atoms with E-state index in [1.54, 1.807) is 18.2 Å². The van der Waals surface area contributed by atoms with Crippen molar-refractivity contribution in [3.05, 3.63) is 70.6 Å². The molecule has 1 heterocycles. The van der Waals surface area contributed by atoms with E-state index in [1.165, 1.54) is 13.3 Å². The van der Waals surface area contributed by atoms with Crippen LogP contribution in [0, 0.1) is 18.3 Å². The number of carbonyl (C=O) groups excluding carboxylic acids is 1. The van der Waals surface area contributed by atoms with Crippen molar-refractivity contribution in [2.75, 3.05) is 6.61 Å². The highest BCUT2D eigenvalue weighted by molar-refractivity contribution is 5.70. The van der Waals surface area contributed by atoms with E-state index in [2.05, 4.69) is 11.1 Å². The van der Waals surface area contributed by atoms with Crippen LogP contribution in [0.2, 0.25) is 0 Å². The number of hydrogen-bond donors (Lipinski definition) is 0. The summed E-state index contributed by atoms with van der Waals surface area (Å²) < 4.78 is 16.2. The Balaban J connectivity index is 2.14. The van der Waals surface area contributed by atoms with Crippen molar-refractivity contribution in [2.45, 2.75) is 26.7 Å². The van der Waals surface area contributed by atoms with Gasteiger partial charge in [0.2, 0.25) is 5.88 Å². The average Bonchev–Trinajstić information content (AvgIpc) is 2.67. The van der Waals surface area contributed by atoms with Gasteiger partial charge in [-0.3, -0.25) is 4.79 Å². The van der Waals surface area contributed by atoms with Gasteiger partial charge >= 0.3 is 5.97 Å². The summed E-state index contributed by atoms with van der Waals surface area (Å²) in [4.78, 5) is 15.5. The van der Waals surface area contributed by atoms with E-state index < -0.39 is 5.97 Å². The van der Waals surface area contributed by atoms with Crippen LogP contribution in [-0.2, 0) is 9.53 Å². The van der Waals surface area contributed by atoms with Gasteiger partial charge < -0.3 is 14.2 Å². The second kappa shape index (κ2) is 8.40. The third-order valence-corrected chi connectivity index (χ3v) is 4.23. The van der Waals surface area contributed by atoms with Gasteiger partial charge in [-0.15, -0.1) is 0 Å². The van der Waals surface area contributed by atoms with E-state index in [4.69, 9.17) is 14.2 Å². The summed E-state index contributed by atoms with van der Waals surface area (Å²) in [5.74, 6) is 0.228. The normalized spacial score (nSPS) is 15.6. The molecule has 1 aliphatic rings. The predicted octanol–water partition coefficient (Wildman–Crippen LogP) is 4.24. The molecule has 28 heavy (non-hydrogen) atoms. The summed E-state index contributed by atoms with van der Waals surface area (Å²) in [6, 6.07) is 15.3. The second-order valence-electron chi connectivity index (χ2n) is 6.26. The molecule has 2 aromatic rings. The number of fused-ring (bicyclic) bond motifs is 1. The summed E-state index contributed by atoms with van der Waals surface area (Å²) in [6.45, 7) is 5.63. The monoisotopic (exact) mass is 376 g/mol. The summed E-state index contributed by atoms with van der Waals surface area (Å²) >= 11 is 0. The topological polar surface area (TPSA) is 80.9 Å². The molecule has 0 radical (unpaired) electrons. The number of carbonyl (C=O) groups is 1. The average molecular weight is 376 g/mol. The van der Waals surface area contributed by atoms with E-state index in [1.807, 2.05) is 38.1 Å². The van der Waals surface area contributed by atoms with Crippen LogP contribution < -0.4 is 9.47 Å². The van der Waals surface area contributed by atoms with Gasteiger partial charge in [-0.2, -0.15) is 10.3 Å². The van der Waals surface area contributed by atoms with Crippen LogP contribution in [0.3, 0.4) is 0 Å². The molecule has 1 atom stereocenters. The Morgan fingerprint density at radius 2 is 2.04 bits per heavy atom. The Morgan fingerprint density at radius 1 is 1.29 bits per heavy atom. The minimum absolute atomic E-state index is 0.161. The van der Waals surface area contributed by atoms with E-state index >= 15 is 0 Å². The molecule has 1 unspecified atom stereocenters. The molecule has 0 N–H and O–H groups in total. The first-order chi connectivity index (χ1) is 13.5. The van der Waals surface area contributed by atoms with Crippen LogP contribution in [0.4, 0.5) is 0 Å². The van der Waals surface area contributed by atoms with Crippen LogP contribution in [0.15, 0.2) is 58.9 Å². The number of nitriles is 1. The number of aryl methyl sites for hydroxylation is 1. The van der Waals surface area contributed by atoms with Gasteiger partial charge in [0.1, 0.15) is 23.1 Å². The van der Waals surface area contributed by atoms with E-state index in [9.17, 15) is 10.1 Å². The summed E-state index contributed by atoms with van der Waals surface area (Å²) in [6.07, 6.45) is 1.26. The fourth-order valence-electron chi connectivity index (χ4n) is 2.98. The number of ether oxygens (including phenoxy) is 3. The van der Waals surface area contributed by atoms with Gasteiger partial charge in [-0.05, 0) is 25.5 Å². The zero-order chi connectivity index (χ0) is 20.1. The Labute approximate surface area is 163 Å². The van der Waals surface area contributed by atoms with Gasteiger partial charge in [0.25, 0.3) is 0 Å². The predicted molar refractivity (Wildman–Crippen MR) is 104 cm³/mol. The first kappa shape index (κ1) is 19.2. The zero-order valence-electron chi connectivity index (χ0n) is 15.9. The maximum absolute atomic E-state index is 11.3. The Bertz CT molecular complexity index is 985. The van der Waals surface area contributed by atoms with Crippen LogP contribution in [0.25, 0.3) is 0 Å². The molecule has 0 aromatic heterocycles. The third-order valence-electron chi connectivity index (χ3n) is 4.23. The van der Waals surface area contributed by atoms with Gasteiger partial charge in [-0.1, -0.05) is 35.9 Å². The molecule has 0 amide bonds. The molecule has 2 aromatic carbocycles. The Kier molecular flexibility index (Phi) is 5.75. The fourth-order valence-corrected chi connectivity index (χ4v) is 2.98. The summed E-state index contributed by atoms with van der Waals surface area (Å²) in [5.41, 5.74) is 3.24. The molecule has 0 aliphatic carbocycles. The molecule has 6 nitrogen and oxygen atoms in total. The largest absolute Gasteiger partial charge is 0.483 e. The number of esters is 1. The Morgan fingerprint density at radius 3 is 2.68 bits per heavy atom. The maximum atomic E-state index is 11.3. The molecule has 6 heteroatoms. The quantitative estimate of drug-likeness (QED) is 0.337. The van der Waals surface area contributed by atoms with Crippen molar-refractivity contribution < 1.29 is 19.0 Å². The number of rotatable bonds is 5. The van der Waals surface area contributed by atoms with E-state index in [-0.39, 0.29) is 11.8 Å². The highest BCUT2D eigenvalue weighted by atomic mass is 16.5. The number of nitrogens with zero attached hydrogens (tertiary/aromatic N) is 2. The van der Waals surface area contributed by atoms with E-state index in [0.717, 1.165) is 16.7 Å². The molecule has 3 rings (SSSR count). The standard InChI is InChI=1S/C22H20N2O4/c1-4-26-13-24-22-19(12-23)21(16-7-5-14(2)6-8-16)18-10-9-17(27-15(3)25)11-20(18)28-22/h5-11,13,21H,4H2,1-3H3/b24-13+. The van der Waals surface area contributed by atoms with Gasteiger partial charge in [0, 0.05) is 18.6 Å². The molecule has 0 fully saturated rings. The number of benzene rings is 2. The van der Waals surface area contributed by atoms with Gasteiger partial charge in [0.05, 0.1) is 12.5 Å². The van der Waals surface area contributed by atoms with E-state index in [0.29, 0.717) is 23.7 Å². The van der Waals surface area contributed by atoms with Crippen LogP contribution in [-0.4, -0.2) is 19.0 Å². The lowest BCUT2D eigenvalue weighted by Gasteiger charge is -2.26. The second-order valence-corrected chi connectivity index (χ2v) is 6.26. The lowest BCUT2D eigenvalue weighted by atomic mass is 9.83. The molecule has 0 saturated heterocycles. The molecular weight excluding hydrogens is 356 g/mol. The summed E-state index contributed by atoms with van der Waals surface area (Å²) in [5, 5.41) is 9.83. The van der Waals surface area contributed by atoms with Crippen molar-refractivity contribution in [3.8, 4) is 17.6 Å². The highest BCUT2D eigenvalue weighted by Crippen LogP contribution is 2.44. The zero-order valence-corrected chi connectivity index (χ0v) is 15.9. The molecule has 0 saturated carbocycles. The van der Waals surface area contributed by atoms with Crippen molar-refractivity contribution >= 4 is 12.4 Å². The fraction of sp³-hybridized carbons (Fsp3) is 0.227. The van der Waals surface area contributed by atoms with Gasteiger partial charge in [-0.25, -0.2) is 0 Å². The van der Waals surface area contributed by atoms with Crippen LogP contribution in [0.1, 0.15) is 36.5 Å².